The Kier molecular flexibility index (Phi) is 7.47. The van der Waals surface area contributed by atoms with Crippen LogP contribution in [0.3, 0.4) is 0 Å². The number of rotatable bonds is 7. The van der Waals surface area contributed by atoms with Gasteiger partial charge in [0.15, 0.2) is 0 Å². The van der Waals surface area contributed by atoms with Crippen LogP contribution in [-0.2, 0) is 4.79 Å². The Labute approximate surface area is 113 Å². The summed E-state index contributed by atoms with van der Waals surface area (Å²) in [5.41, 5.74) is 0. The zero-order chi connectivity index (χ0) is 14.5. The van der Waals surface area contributed by atoms with E-state index in [1.54, 1.807) is 6.08 Å². The van der Waals surface area contributed by atoms with Crippen LogP contribution >= 0.6 is 0 Å². The molecule has 0 heterocycles. The molecule has 106 valence electrons. The first-order chi connectivity index (χ1) is 8.23. The van der Waals surface area contributed by atoms with Gasteiger partial charge in [0, 0.05) is 0 Å². The maximum absolute atomic E-state index is 10.7. The highest BCUT2D eigenvalue weighted by molar-refractivity contribution is 5.33. The van der Waals surface area contributed by atoms with E-state index in [0.717, 1.165) is 0 Å². The largest absolute Gasteiger partial charge is 0.235 e. The molecule has 0 amide bonds. The number of hydrogen-bond donors (Lipinski definition) is 0. The van der Waals surface area contributed by atoms with Crippen molar-refractivity contribution in [1.29, 1.82) is 0 Å². The second kappa shape index (κ2) is 7.74. The van der Waals surface area contributed by atoms with E-state index >= 15 is 0 Å². The summed E-state index contributed by atoms with van der Waals surface area (Å²) in [6.07, 6.45) is 1.78. The molecule has 0 aromatic heterocycles. The van der Waals surface area contributed by atoms with Gasteiger partial charge in [-0.25, -0.2) is 9.79 Å². The second-order valence-electron chi connectivity index (χ2n) is 6.64. The third-order valence-corrected chi connectivity index (χ3v) is 5.04. The lowest BCUT2D eigenvalue weighted by Gasteiger charge is -2.35. The van der Waals surface area contributed by atoms with Gasteiger partial charge in [-0.2, -0.15) is 0 Å². The van der Waals surface area contributed by atoms with Crippen molar-refractivity contribution >= 4 is 6.08 Å². The van der Waals surface area contributed by atoms with E-state index in [4.69, 9.17) is 0 Å². The van der Waals surface area contributed by atoms with Crippen molar-refractivity contribution in [2.75, 3.05) is 0 Å². The smallest absolute Gasteiger partial charge is 0.211 e. The molecule has 0 aliphatic carbocycles. The van der Waals surface area contributed by atoms with E-state index in [1.807, 2.05) is 0 Å². The normalized spacial score (nSPS) is 20.1. The van der Waals surface area contributed by atoms with Gasteiger partial charge in [-0.15, -0.1) is 0 Å². The monoisotopic (exact) mass is 253 g/mol. The van der Waals surface area contributed by atoms with Gasteiger partial charge in [0.1, 0.15) is 0 Å². The van der Waals surface area contributed by atoms with Crippen molar-refractivity contribution in [1.82, 2.24) is 0 Å². The molecular formula is C16H31NO. The molecule has 5 atom stereocenters. The second-order valence-corrected chi connectivity index (χ2v) is 6.64. The minimum Gasteiger partial charge on any atom is -0.211 e. The van der Waals surface area contributed by atoms with Crippen LogP contribution in [0.25, 0.3) is 0 Å². The maximum atomic E-state index is 10.7. The quantitative estimate of drug-likeness (QED) is 0.483. The summed E-state index contributed by atoms with van der Waals surface area (Å²) in [6.45, 7) is 17.9. The molecule has 0 saturated heterocycles. The van der Waals surface area contributed by atoms with E-state index < -0.39 is 0 Å². The van der Waals surface area contributed by atoms with Crippen molar-refractivity contribution in [3.05, 3.63) is 0 Å². The molecular weight excluding hydrogens is 222 g/mol. The number of aliphatic imine (C=N–C) groups is 1. The Morgan fingerprint density at radius 3 is 1.44 bits per heavy atom. The predicted octanol–water partition coefficient (Wildman–Crippen LogP) is 4.55. The number of isocyanates is 1. The average molecular weight is 253 g/mol. The van der Waals surface area contributed by atoms with Gasteiger partial charge >= 0.3 is 0 Å². The molecule has 0 fully saturated rings. The molecule has 5 unspecified atom stereocenters. The number of hydrogen-bond acceptors (Lipinski definition) is 2. The zero-order valence-corrected chi connectivity index (χ0v) is 13.4. The van der Waals surface area contributed by atoms with E-state index in [-0.39, 0.29) is 6.04 Å². The summed E-state index contributed by atoms with van der Waals surface area (Å²) >= 11 is 0. The van der Waals surface area contributed by atoms with Crippen molar-refractivity contribution in [2.24, 2.45) is 40.5 Å². The first-order valence-electron chi connectivity index (χ1n) is 7.30. The van der Waals surface area contributed by atoms with Crippen molar-refractivity contribution in [3.63, 3.8) is 0 Å². The lowest BCUT2D eigenvalue weighted by atomic mass is 9.72. The lowest BCUT2D eigenvalue weighted by molar-refractivity contribution is 0.162. The SMILES string of the molecule is CC(C)C(C)C(C)C(C)C(N=C=O)C(C)C(C)C. The number of carbonyl (C=O) groups excluding carboxylic acids is 1. The minimum absolute atomic E-state index is 0.0960. The fraction of sp³-hybridized carbons (Fsp3) is 0.938. The van der Waals surface area contributed by atoms with Crippen molar-refractivity contribution < 1.29 is 4.79 Å². The highest BCUT2D eigenvalue weighted by atomic mass is 16.1. The van der Waals surface area contributed by atoms with Gasteiger partial charge < -0.3 is 0 Å². The molecule has 0 aliphatic heterocycles. The lowest BCUT2D eigenvalue weighted by Crippen LogP contribution is -2.34. The Morgan fingerprint density at radius 2 is 1.11 bits per heavy atom. The van der Waals surface area contributed by atoms with Crippen LogP contribution in [0, 0.1) is 35.5 Å². The fourth-order valence-corrected chi connectivity index (χ4v) is 2.57. The van der Waals surface area contributed by atoms with Gasteiger partial charge in [-0.1, -0.05) is 55.4 Å². The van der Waals surface area contributed by atoms with Crippen LogP contribution in [0.4, 0.5) is 0 Å². The summed E-state index contributed by atoms with van der Waals surface area (Å²) < 4.78 is 0. The Balaban J connectivity index is 4.96. The van der Waals surface area contributed by atoms with Gasteiger partial charge in [0.05, 0.1) is 6.04 Å². The maximum Gasteiger partial charge on any atom is 0.235 e. The standard InChI is InChI=1S/C16H31NO/c1-10(2)12(5)14(7)15(8)16(17-9-18)13(6)11(3)4/h10-16H,1-8H3. The summed E-state index contributed by atoms with van der Waals surface area (Å²) in [5.74, 6) is 3.25. The molecule has 0 rings (SSSR count). The minimum atomic E-state index is 0.0960. The molecule has 0 radical (unpaired) electrons. The van der Waals surface area contributed by atoms with E-state index in [2.05, 4.69) is 60.4 Å². The highest BCUT2D eigenvalue weighted by Gasteiger charge is 2.32. The Bertz CT molecular complexity index is 279. The fourth-order valence-electron chi connectivity index (χ4n) is 2.57. The van der Waals surface area contributed by atoms with Gasteiger partial charge in [0.25, 0.3) is 0 Å². The molecule has 0 spiro atoms. The summed E-state index contributed by atoms with van der Waals surface area (Å²) in [4.78, 5) is 14.8. The molecule has 0 aromatic carbocycles. The van der Waals surface area contributed by atoms with Crippen LogP contribution < -0.4 is 0 Å². The topological polar surface area (TPSA) is 29.4 Å². The van der Waals surface area contributed by atoms with Crippen molar-refractivity contribution in [2.45, 2.75) is 61.4 Å². The first kappa shape index (κ1) is 17.4. The molecule has 2 nitrogen and oxygen atoms in total. The molecule has 0 bridgehead atoms. The van der Waals surface area contributed by atoms with Crippen LogP contribution in [0.2, 0.25) is 0 Å². The summed E-state index contributed by atoms with van der Waals surface area (Å²) in [5, 5.41) is 0. The van der Waals surface area contributed by atoms with Crippen LogP contribution in [0.5, 0.6) is 0 Å². The third-order valence-electron chi connectivity index (χ3n) is 5.04. The Hall–Kier alpha value is -0.620. The van der Waals surface area contributed by atoms with Crippen LogP contribution in [-0.4, -0.2) is 12.1 Å². The summed E-state index contributed by atoms with van der Waals surface area (Å²) in [7, 11) is 0. The number of nitrogens with zero attached hydrogens (tertiary/aromatic N) is 1. The molecule has 0 aliphatic rings. The average Bonchev–Trinajstić information content (AvgIpc) is 2.32. The first-order valence-corrected chi connectivity index (χ1v) is 7.30. The van der Waals surface area contributed by atoms with E-state index in [1.165, 1.54) is 0 Å². The Morgan fingerprint density at radius 1 is 0.667 bits per heavy atom. The van der Waals surface area contributed by atoms with Gasteiger partial charge in [-0.3, -0.25) is 0 Å². The molecule has 2 heteroatoms. The van der Waals surface area contributed by atoms with Crippen molar-refractivity contribution in [3.8, 4) is 0 Å². The molecule has 0 saturated carbocycles. The van der Waals surface area contributed by atoms with Gasteiger partial charge in [0.2, 0.25) is 6.08 Å². The molecule has 18 heavy (non-hydrogen) atoms. The van der Waals surface area contributed by atoms with E-state index in [0.29, 0.717) is 35.5 Å². The van der Waals surface area contributed by atoms with E-state index in [9.17, 15) is 4.79 Å². The van der Waals surface area contributed by atoms with Crippen LogP contribution in [0.1, 0.15) is 55.4 Å². The molecule has 0 N–H and O–H groups in total. The highest BCUT2D eigenvalue weighted by Crippen LogP contribution is 2.34. The third kappa shape index (κ3) is 4.57. The summed E-state index contributed by atoms with van der Waals surface area (Å²) in [6, 6.07) is 0.0960. The molecule has 0 aromatic rings. The van der Waals surface area contributed by atoms with Gasteiger partial charge in [-0.05, 0) is 35.5 Å². The zero-order valence-electron chi connectivity index (χ0n) is 13.4. The predicted molar refractivity (Wildman–Crippen MR) is 78.2 cm³/mol. The van der Waals surface area contributed by atoms with Crippen LogP contribution in [0.15, 0.2) is 4.99 Å².